The summed E-state index contributed by atoms with van der Waals surface area (Å²) in [7, 11) is 1.37. The van der Waals surface area contributed by atoms with E-state index >= 15 is 0 Å². The van der Waals surface area contributed by atoms with E-state index in [0.717, 1.165) is 18.3 Å². The summed E-state index contributed by atoms with van der Waals surface area (Å²) in [4.78, 5) is 11.2. The van der Waals surface area contributed by atoms with E-state index in [1.54, 1.807) is 0 Å². The number of hydrogen-bond donors (Lipinski definition) is 2. The summed E-state index contributed by atoms with van der Waals surface area (Å²) in [5.41, 5.74) is 5.42. The van der Waals surface area contributed by atoms with Crippen molar-refractivity contribution in [3.63, 3.8) is 0 Å². The summed E-state index contributed by atoms with van der Waals surface area (Å²) in [6.07, 6.45) is -2.15. The number of nitrogens with zero attached hydrogens (tertiary/aromatic N) is 3. The SMILES string of the molecule is COc1cc(OCc2ncccc2C(F)(F)F)ccc1C(N)=NC(=N)c1ccc(F)nc1. The maximum Gasteiger partial charge on any atom is 0.418 e. The van der Waals surface area contributed by atoms with Crippen LogP contribution in [0.1, 0.15) is 22.4 Å². The molecule has 0 fully saturated rings. The van der Waals surface area contributed by atoms with Gasteiger partial charge in [0, 0.05) is 24.0 Å². The number of nitrogens with two attached hydrogens (primary N) is 1. The second-order valence-corrected chi connectivity index (χ2v) is 6.36. The summed E-state index contributed by atoms with van der Waals surface area (Å²) in [6, 6.07) is 8.95. The highest BCUT2D eigenvalue weighted by molar-refractivity contribution is 6.10. The molecule has 32 heavy (non-hydrogen) atoms. The molecular formula is C21H17F4N5O2. The van der Waals surface area contributed by atoms with Gasteiger partial charge in [0.25, 0.3) is 0 Å². The molecule has 3 rings (SSSR count). The number of rotatable bonds is 6. The number of aromatic nitrogens is 2. The Labute approximate surface area is 180 Å². The molecule has 0 saturated carbocycles. The lowest BCUT2D eigenvalue weighted by atomic mass is 10.1. The molecule has 0 radical (unpaired) electrons. The minimum atomic E-state index is -4.55. The minimum Gasteiger partial charge on any atom is -0.496 e. The van der Waals surface area contributed by atoms with Gasteiger partial charge in [-0.3, -0.25) is 10.4 Å². The van der Waals surface area contributed by atoms with E-state index in [0.29, 0.717) is 5.56 Å². The van der Waals surface area contributed by atoms with E-state index in [1.807, 2.05) is 0 Å². The van der Waals surface area contributed by atoms with Gasteiger partial charge in [-0.25, -0.2) is 9.98 Å². The first-order valence-electron chi connectivity index (χ1n) is 9.06. The van der Waals surface area contributed by atoms with Gasteiger partial charge < -0.3 is 15.2 Å². The third-order valence-corrected chi connectivity index (χ3v) is 4.25. The first-order valence-corrected chi connectivity index (χ1v) is 9.06. The monoisotopic (exact) mass is 447 g/mol. The molecule has 0 bridgehead atoms. The van der Waals surface area contributed by atoms with Crippen LogP contribution in [-0.4, -0.2) is 28.7 Å². The Hall–Kier alpha value is -4.02. The highest BCUT2D eigenvalue weighted by atomic mass is 19.4. The average Bonchev–Trinajstić information content (AvgIpc) is 2.77. The van der Waals surface area contributed by atoms with Gasteiger partial charge in [0.1, 0.15) is 23.9 Å². The van der Waals surface area contributed by atoms with Crippen LogP contribution in [0.15, 0.2) is 59.9 Å². The van der Waals surface area contributed by atoms with Crippen LogP contribution >= 0.6 is 0 Å². The smallest absolute Gasteiger partial charge is 0.418 e. The molecule has 3 N–H and O–H groups in total. The molecule has 0 aliphatic carbocycles. The second-order valence-electron chi connectivity index (χ2n) is 6.36. The molecule has 11 heteroatoms. The molecule has 0 aliphatic heterocycles. The Morgan fingerprint density at radius 3 is 2.59 bits per heavy atom. The zero-order chi connectivity index (χ0) is 23.3. The lowest BCUT2D eigenvalue weighted by molar-refractivity contribution is -0.138. The van der Waals surface area contributed by atoms with Crippen LogP contribution in [0.5, 0.6) is 11.5 Å². The van der Waals surface area contributed by atoms with Crippen molar-refractivity contribution in [3.05, 3.63) is 83.2 Å². The number of methoxy groups -OCH3 is 1. The van der Waals surface area contributed by atoms with E-state index in [1.165, 1.54) is 43.6 Å². The topological polar surface area (TPSA) is 106 Å². The molecule has 0 amide bonds. The molecule has 0 unspecified atom stereocenters. The van der Waals surface area contributed by atoms with Crippen LogP contribution in [0.4, 0.5) is 17.6 Å². The van der Waals surface area contributed by atoms with Crippen LogP contribution in [0.2, 0.25) is 0 Å². The van der Waals surface area contributed by atoms with Gasteiger partial charge in [-0.1, -0.05) is 0 Å². The van der Waals surface area contributed by atoms with Crippen molar-refractivity contribution >= 4 is 11.7 Å². The fraction of sp³-hybridized carbons (Fsp3) is 0.143. The van der Waals surface area contributed by atoms with Crippen LogP contribution in [0.25, 0.3) is 0 Å². The average molecular weight is 447 g/mol. The molecule has 0 saturated heterocycles. The van der Waals surface area contributed by atoms with Gasteiger partial charge in [0.2, 0.25) is 5.95 Å². The van der Waals surface area contributed by atoms with Gasteiger partial charge in [0.15, 0.2) is 5.84 Å². The molecule has 7 nitrogen and oxygen atoms in total. The third kappa shape index (κ3) is 5.36. The number of hydrogen-bond acceptors (Lipinski definition) is 5. The van der Waals surface area contributed by atoms with E-state index in [9.17, 15) is 17.6 Å². The fourth-order valence-corrected chi connectivity index (χ4v) is 2.70. The van der Waals surface area contributed by atoms with Gasteiger partial charge in [-0.15, -0.1) is 0 Å². The number of alkyl halides is 3. The summed E-state index contributed by atoms with van der Waals surface area (Å²) >= 11 is 0. The predicted molar refractivity (Wildman–Crippen MR) is 108 cm³/mol. The maximum absolute atomic E-state index is 13.1. The molecule has 3 aromatic rings. The zero-order valence-electron chi connectivity index (χ0n) is 16.7. The number of pyridine rings is 2. The van der Waals surface area contributed by atoms with Crippen LogP contribution < -0.4 is 15.2 Å². The van der Waals surface area contributed by atoms with Gasteiger partial charge in [-0.05, 0) is 36.4 Å². The molecular weight excluding hydrogens is 430 g/mol. The molecule has 0 spiro atoms. The van der Waals surface area contributed by atoms with Gasteiger partial charge >= 0.3 is 6.18 Å². The zero-order valence-corrected chi connectivity index (χ0v) is 16.7. The number of aliphatic imine (C=N–C) groups is 1. The Morgan fingerprint density at radius 2 is 1.94 bits per heavy atom. The van der Waals surface area contributed by atoms with E-state index in [-0.39, 0.29) is 34.4 Å². The third-order valence-electron chi connectivity index (χ3n) is 4.25. The normalized spacial score (nSPS) is 11.8. The van der Waals surface area contributed by atoms with Crippen LogP contribution in [-0.2, 0) is 12.8 Å². The minimum absolute atomic E-state index is 0.0631. The number of nitrogens with one attached hydrogen (secondary N) is 1. The second kappa shape index (κ2) is 9.41. The largest absolute Gasteiger partial charge is 0.496 e. The number of amidine groups is 2. The Morgan fingerprint density at radius 1 is 1.16 bits per heavy atom. The molecule has 166 valence electrons. The predicted octanol–water partition coefficient (Wildman–Crippen LogP) is 3.95. The Kier molecular flexibility index (Phi) is 6.67. The van der Waals surface area contributed by atoms with Crippen molar-refractivity contribution in [1.82, 2.24) is 9.97 Å². The van der Waals surface area contributed by atoms with Crippen molar-refractivity contribution in [2.45, 2.75) is 12.8 Å². The van der Waals surface area contributed by atoms with Gasteiger partial charge in [-0.2, -0.15) is 17.6 Å². The molecule has 2 heterocycles. The lowest BCUT2D eigenvalue weighted by Crippen LogP contribution is -2.17. The quantitative estimate of drug-likeness (QED) is 0.258. The van der Waals surface area contributed by atoms with E-state index in [2.05, 4.69) is 15.0 Å². The lowest BCUT2D eigenvalue weighted by Gasteiger charge is -2.14. The van der Waals surface area contributed by atoms with E-state index in [4.69, 9.17) is 20.6 Å². The van der Waals surface area contributed by atoms with Crippen molar-refractivity contribution in [2.24, 2.45) is 10.7 Å². The highest BCUT2D eigenvalue weighted by Crippen LogP contribution is 2.32. The summed E-state index contributed by atoms with van der Waals surface area (Å²) < 4.78 is 63.0. The number of ether oxygens (including phenoxy) is 2. The number of halogens is 4. The van der Waals surface area contributed by atoms with Gasteiger partial charge in [0.05, 0.1) is 23.9 Å². The molecule has 2 aromatic heterocycles. The van der Waals surface area contributed by atoms with Crippen molar-refractivity contribution in [3.8, 4) is 11.5 Å². The Bertz CT molecular complexity index is 1150. The van der Waals surface area contributed by atoms with Crippen LogP contribution in [0.3, 0.4) is 0 Å². The summed E-state index contributed by atoms with van der Waals surface area (Å²) in [5.74, 6) is -0.552. The van der Waals surface area contributed by atoms with Crippen molar-refractivity contribution in [2.75, 3.05) is 7.11 Å². The van der Waals surface area contributed by atoms with Crippen molar-refractivity contribution in [1.29, 1.82) is 5.41 Å². The summed E-state index contributed by atoms with van der Waals surface area (Å²) in [5, 5.41) is 7.99. The summed E-state index contributed by atoms with van der Waals surface area (Å²) in [6.45, 7) is -0.413. The standard InChI is InChI=1S/C21H17F4N5O2/c1-31-17-9-13(32-11-16-15(21(23,24)25)3-2-8-28-16)5-6-14(17)20(27)30-19(26)12-4-7-18(22)29-10-12/h2-10H,11H2,1H3,(H3,26,27,30). The number of benzene rings is 1. The van der Waals surface area contributed by atoms with Crippen molar-refractivity contribution < 1.29 is 27.0 Å². The highest BCUT2D eigenvalue weighted by Gasteiger charge is 2.33. The molecule has 0 aliphatic rings. The first kappa shape index (κ1) is 22.7. The first-order chi connectivity index (χ1) is 15.2. The van der Waals surface area contributed by atoms with E-state index < -0.39 is 24.3 Å². The molecule has 1 aromatic carbocycles. The molecule has 0 atom stereocenters. The fourth-order valence-electron chi connectivity index (χ4n) is 2.70. The Balaban J connectivity index is 1.79. The van der Waals surface area contributed by atoms with Crippen LogP contribution in [0, 0.1) is 11.4 Å². The maximum atomic E-state index is 13.1.